The second-order valence-corrected chi connectivity index (χ2v) is 4.10. The second-order valence-electron chi connectivity index (χ2n) is 3.45. The summed E-state index contributed by atoms with van der Waals surface area (Å²) >= 11 is 3.54. The van der Waals surface area contributed by atoms with Crippen LogP contribution in [0.5, 0.6) is 0 Å². The molecule has 1 fully saturated rings. The summed E-state index contributed by atoms with van der Waals surface area (Å²) < 4.78 is 0. The van der Waals surface area contributed by atoms with E-state index in [2.05, 4.69) is 28.6 Å². The van der Waals surface area contributed by atoms with Crippen LogP contribution < -0.4 is 0 Å². The topological polar surface area (TPSA) is 0 Å². The van der Waals surface area contributed by atoms with Gasteiger partial charge in [-0.3, -0.25) is 0 Å². The smallest absolute Gasteiger partial charge is 0.00968 e. The van der Waals surface area contributed by atoms with Gasteiger partial charge in [-0.25, -0.2) is 0 Å². The number of hydrogen-bond donors (Lipinski definition) is 0. The Balaban J connectivity index is 2.35. The van der Waals surface area contributed by atoms with Crippen molar-refractivity contribution in [3.63, 3.8) is 0 Å². The Hall–Kier alpha value is 0.220. The summed E-state index contributed by atoms with van der Waals surface area (Å²) in [5.41, 5.74) is 0. The first kappa shape index (κ1) is 9.31. The minimum Gasteiger partial charge on any atom is -0.103 e. The number of allylic oxidation sites excluding steroid dienone is 1. The number of alkyl halides is 1. The predicted octanol–water partition coefficient (Wildman–Crippen LogP) is 3.76. The third-order valence-electron chi connectivity index (χ3n) is 2.74. The fraction of sp³-hybridized carbons (Fsp3) is 0.800. The average Bonchev–Trinajstić information content (AvgIpc) is 2.09. The molecule has 0 aromatic rings. The third kappa shape index (κ3) is 2.62. The van der Waals surface area contributed by atoms with Crippen LogP contribution in [-0.4, -0.2) is 5.33 Å². The Morgan fingerprint density at radius 3 is 2.45 bits per heavy atom. The molecular weight excluding hydrogens is 200 g/mol. The van der Waals surface area contributed by atoms with E-state index in [9.17, 15) is 0 Å². The first-order valence-corrected chi connectivity index (χ1v) is 5.69. The van der Waals surface area contributed by atoms with Crippen LogP contribution in [0.2, 0.25) is 0 Å². The first-order valence-electron chi connectivity index (χ1n) is 4.57. The Morgan fingerprint density at radius 1 is 1.36 bits per heavy atom. The van der Waals surface area contributed by atoms with Gasteiger partial charge >= 0.3 is 0 Å². The lowest BCUT2D eigenvalue weighted by Crippen LogP contribution is -2.16. The number of halogens is 1. The van der Waals surface area contributed by atoms with Crippen molar-refractivity contribution in [2.75, 3.05) is 5.33 Å². The highest BCUT2D eigenvalue weighted by molar-refractivity contribution is 9.09. The zero-order valence-corrected chi connectivity index (χ0v) is 8.65. The van der Waals surface area contributed by atoms with Crippen LogP contribution in [0.3, 0.4) is 0 Å². The molecule has 0 saturated heterocycles. The van der Waals surface area contributed by atoms with Crippen LogP contribution in [0, 0.1) is 11.8 Å². The normalized spacial score (nSPS) is 23.0. The molecule has 0 unspecified atom stereocenters. The lowest BCUT2D eigenvalue weighted by Gasteiger charge is -2.26. The van der Waals surface area contributed by atoms with Crippen molar-refractivity contribution in [2.45, 2.75) is 32.1 Å². The lowest BCUT2D eigenvalue weighted by molar-refractivity contribution is 0.304. The van der Waals surface area contributed by atoms with Crippen LogP contribution >= 0.6 is 15.9 Å². The molecule has 0 aromatic heterocycles. The van der Waals surface area contributed by atoms with Crippen LogP contribution in [0.4, 0.5) is 0 Å². The van der Waals surface area contributed by atoms with E-state index in [-0.39, 0.29) is 0 Å². The molecule has 1 aliphatic carbocycles. The van der Waals surface area contributed by atoms with Crippen molar-refractivity contribution < 1.29 is 0 Å². The minimum atomic E-state index is 0.718. The Labute approximate surface area is 78.2 Å². The van der Waals surface area contributed by atoms with Crippen LogP contribution in [-0.2, 0) is 0 Å². The lowest BCUT2D eigenvalue weighted by atomic mass is 9.81. The molecule has 1 atom stereocenters. The zero-order valence-electron chi connectivity index (χ0n) is 7.06. The molecule has 0 aromatic carbocycles. The zero-order chi connectivity index (χ0) is 8.10. The van der Waals surface area contributed by atoms with Crippen molar-refractivity contribution in [1.29, 1.82) is 0 Å². The molecule has 1 saturated carbocycles. The van der Waals surface area contributed by atoms with Crippen LogP contribution in [0.25, 0.3) is 0 Å². The molecule has 0 radical (unpaired) electrons. The van der Waals surface area contributed by atoms with Crippen LogP contribution in [0.1, 0.15) is 32.1 Å². The first-order chi connectivity index (χ1) is 5.38. The van der Waals surface area contributed by atoms with Crippen molar-refractivity contribution in [3.8, 4) is 0 Å². The monoisotopic (exact) mass is 216 g/mol. The highest BCUT2D eigenvalue weighted by Crippen LogP contribution is 2.31. The van der Waals surface area contributed by atoms with Crippen molar-refractivity contribution >= 4 is 15.9 Å². The van der Waals surface area contributed by atoms with E-state index in [4.69, 9.17) is 0 Å². The van der Waals surface area contributed by atoms with Gasteiger partial charge in [0, 0.05) is 5.33 Å². The average molecular weight is 217 g/mol. The molecule has 0 heterocycles. The van der Waals surface area contributed by atoms with Gasteiger partial charge in [-0.05, 0) is 24.7 Å². The molecule has 1 heteroatoms. The van der Waals surface area contributed by atoms with Gasteiger partial charge in [0.2, 0.25) is 0 Å². The van der Waals surface area contributed by atoms with Crippen molar-refractivity contribution in [3.05, 3.63) is 12.7 Å². The molecule has 1 rings (SSSR count). The highest BCUT2D eigenvalue weighted by atomic mass is 79.9. The molecule has 0 nitrogen and oxygen atoms in total. The fourth-order valence-electron chi connectivity index (χ4n) is 1.94. The summed E-state index contributed by atoms with van der Waals surface area (Å²) in [6.07, 6.45) is 9.27. The Kier molecular flexibility index (Phi) is 4.21. The Bertz CT molecular complexity index is 114. The fourth-order valence-corrected chi connectivity index (χ4v) is 2.74. The molecule has 0 spiro atoms. The quantitative estimate of drug-likeness (QED) is 0.498. The van der Waals surface area contributed by atoms with Crippen LogP contribution in [0.15, 0.2) is 12.7 Å². The summed E-state index contributed by atoms with van der Waals surface area (Å²) in [4.78, 5) is 0. The highest BCUT2D eigenvalue weighted by Gasteiger charge is 2.19. The SMILES string of the molecule is C=C[C@@H](CBr)C1CCCCC1. The summed E-state index contributed by atoms with van der Waals surface area (Å²) in [6.45, 7) is 3.88. The van der Waals surface area contributed by atoms with Crippen molar-refractivity contribution in [1.82, 2.24) is 0 Å². The summed E-state index contributed by atoms with van der Waals surface area (Å²) in [5, 5.41) is 1.10. The molecule has 11 heavy (non-hydrogen) atoms. The second kappa shape index (κ2) is 4.97. The van der Waals surface area contributed by atoms with E-state index in [0.29, 0.717) is 0 Å². The molecule has 1 aliphatic rings. The number of rotatable bonds is 3. The van der Waals surface area contributed by atoms with E-state index in [1.54, 1.807) is 0 Å². The van der Waals surface area contributed by atoms with E-state index in [1.807, 2.05) is 0 Å². The molecule has 0 N–H and O–H groups in total. The minimum absolute atomic E-state index is 0.718. The van der Waals surface area contributed by atoms with E-state index >= 15 is 0 Å². The number of hydrogen-bond acceptors (Lipinski definition) is 0. The summed E-state index contributed by atoms with van der Waals surface area (Å²) in [7, 11) is 0. The molecule has 0 aliphatic heterocycles. The van der Waals surface area contributed by atoms with Gasteiger partial charge in [0.25, 0.3) is 0 Å². The van der Waals surface area contributed by atoms with Gasteiger partial charge in [-0.1, -0.05) is 41.3 Å². The molecule has 64 valence electrons. The molecular formula is C10H17Br. The van der Waals surface area contributed by atoms with Gasteiger partial charge in [0.15, 0.2) is 0 Å². The van der Waals surface area contributed by atoms with Crippen molar-refractivity contribution in [2.24, 2.45) is 11.8 Å². The predicted molar refractivity (Wildman–Crippen MR) is 54.1 cm³/mol. The van der Waals surface area contributed by atoms with Gasteiger partial charge in [-0.2, -0.15) is 0 Å². The van der Waals surface area contributed by atoms with E-state index < -0.39 is 0 Å². The maximum absolute atomic E-state index is 3.88. The largest absolute Gasteiger partial charge is 0.103 e. The Morgan fingerprint density at radius 2 is 2.00 bits per heavy atom. The van der Waals surface area contributed by atoms with E-state index in [0.717, 1.165) is 17.2 Å². The molecule has 0 amide bonds. The standard InChI is InChI=1S/C10H17Br/c1-2-9(8-11)10-6-4-3-5-7-10/h2,9-10H,1,3-8H2/t9-/m0/s1. The van der Waals surface area contributed by atoms with Gasteiger partial charge in [0.1, 0.15) is 0 Å². The third-order valence-corrected chi connectivity index (χ3v) is 3.48. The maximum Gasteiger partial charge on any atom is 0.00968 e. The molecule has 0 bridgehead atoms. The maximum atomic E-state index is 3.88. The summed E-state index contributed by atoms with van der Waals surface area (Å²) in [5.74, 6) is 1.64. The van der Waals surface area contributed by atoms with Gasteiger partial charge < -0.3 is 0 Å². The van der Waals surface area contributed by atoms with Gasteiger partial charge in [0.05, 0.1) is 0 Å². The van der Waals surface area contributed by atoms with E-state index in [1.165, 1.54) is 32.1 Å². The van der Waals surface area contributed by atoms with Gasteiger partial charge in [-0.15, -0.1) is 6.58 Å². The summed E-state index contributed by atoms with van der Waals surface area (Å²) in [6, 6.07) is 0.